The molecule has 0 aliphatic carbocycles. The molecule has 0 fully saturated rings. The van der Waals surface area contributed by atoms with Crippen molar-refractivity contribution in [3.63, 3.8) is 0 Å². The second kappa shape index (κ2) is 39.0. The van der Waals surface area contributed by atoms with E-state index in [0.29, 0.717) is 0 Å². The molecule has 0 heterocycles. The molecule has 0 atom stereocenters. The number of rotatable bonds is 0. The van der Waals surface area contributed by atoms with E-state index in [0.717, 1.165) is 0 Å². The monoisotopic (exact) mass is 616 g/mol. The zero-order valence-electron chi connectivity index (χ0n) is 25.9. The Morgan fingerprint density at radius 2 is 0.157 bits per heavy atom. The normalized spacial score (nSPS) is 3.92. The van der Waals surface area contributed by atoms with Crippen LogP contribution >= 0.6 is 0 Å². The first kappa shape index (κ1) is 40.0. The van der Waals surface area contributed by atoms with Crippen molar-refractivity contribution in [1.29, 1.82) is 0 Å². The van der Waals surface area contributed by atoms with Crippen molar-refractivity contribution in [2.75, 3.05) is 0 Å². The van der Waals surface area contributed by atoms with E-state index in [4.69, 9.17) is 0 Å². The Morgan fingerprint density at radius 1 is 0.0980 bits per heavy atom. The van der Waals surface area contributed by atoms with Crippen LogP contribution in [0.2, 0.25) is 0 Å². The highest BCUT2D eigenvalue weighted by Gasteiger charge is 1.45. The molecule has 0 spiro atoms. The van der Waals surface area contributed by atoms with Crippen molar-refractivity contribution in [1.82, 2.24) is 0 Å². The molecule has 0 aliphatic heterocycles. The minimum absolute atomic E-state index is 2.37. The quantitative estimate of drug-likeness (QED) is 0.240. The van der Waals surface area contributed by atoms with Crippen molar-refractivity contribution in [3.05, 3.63) is 294 Å². The van der Waals surface area contributed by atoms with E-state index in [1.807, 2.05) is 0 Å². The standard InChI is InChI=1S/C51H4/c1-3-5-7-9-11-13-15-17-19-21-23-25-27-29-31-33-35-37-39-41-43-45-47-49-51-50-48-46-44-42-40-38-36-34-32-30-28-26-24-22-20-18-16-14-12-10-8-6-4-2/h1-2H2. The first-order valence-corrected chi connectivity index (χ1v) is 12.7. The van der Waals surface area contributed by atoms with E-state index >= 15 is 0 Å². The van der Waals surface area contributed by atoms with Gasteiger partial charge in [-0.1, -0.05) is 11.5 Å². The first-order chi connectivity index (χ1) is 25.4. The summed E-state index contributed by atoms with van der Waals surface area (Å²) in [5.74, 6) is 0. The van der Waals surface area contributed by atoms with Gasteiger partial charge in [0.2, 0.25) is 0 Å². The van der Waals surface area contributed by atoms with Crippen LogP contribution in [-0.4, -0.2) is 0 Å². The van der Waals surface area contributed by atoms with Gasteiger partial charge in [0, 0.05) is 178 Å². The van der Waals surface area contributed by atoms with Crippen LogP contribution in [0.5, 0.6) is 0 Å². The Bertz CT molecular complexity index is 3270. The molecule has 0 bridgehead atoms. The third-order valence-corrected chi connectivity index (χ3v) is 3.05. The molecule has 0 saturated carbocycles. The minimum Gasteiger partial charge on any atom is -0.0687 e. The fourth-order valence-corrected chi connectivity index (χ4v) is 1.49. The highest BCUT2D eigenvalue weighted by Crippen LogP contribution is 1.61. The summed E-state index contributed by atoms with van der Waals surface area (Å²) in [6, 6.07) is 0. The highest BCUT2D eigenvalue weighted by atomic mass is 13.5. The van der Waals surface area contributed by atoms with E-state index in [9.17, 15) is 0 Å². The van der Waals surface area contributed by atoms with Crippen LogP contribution in [0.15, 0.2) is 294 Å². The van der Waals surface area contributed by atoms with Crippen molar-refractivity contribution in [2.45, 2.75) is 0 Å². The molecular formula is C51H4. The van der Waals surface area contributed by atoms with Gasteiger partial charge in [0.25, 0.3) is 0 Å². The summed E-state index contributed by atoms with van der Waals surface area (Å²) in [5.41, 5.74) is 122. The maximum absolute atomic E-state index is 3.31. The van der Waals surface area contributed by atoms with E-state index < -0.39 is 0 Å². The molecule has 0 amide bonds. The summed E-state index contributed by atoms with van der Waals surface area (Å²) in [5, 5.41) is 0. The second-order valence-corrected chi connectivity index (χ2v) is 6.23. The van der Waals surface area contributed by atoms with Crippen LogP contribution in [0.3, 0.4) is 0 Å². The molecule has 0 aromatic carbocycles. The molecular weight excluding hydrogens is 613 g/mol. The Kier molecular flexibility index (Phi) is 30.5. The lowest BCUT2D eigenvalue weighted by molar-refractivity contribution is 2.10. The Balaban J connectivity index is 6.08. The summed E-state index contributed by atoms with van der Waals surface area (Å²) < 4.78 is 0. The third-order valence-electron chi connectivity index (χ3n) is 3.05. The average Bonchev–Trinajstić information content (AvgIpc) is 3.14. The highest BCUT2D eigenvalue weighted by molar-refractivity contribution is 4.97. The lowest BCUT2D eigenvalue weighted by Crippen LogP contribution is -1.26. The maximum Gasteiger partial charge on any atom is 0 e. The van der Waals surface area contributed by atoms with Gasteiger partial charge >= 0.3 is 0 Å². The van der Waals surface area contributed by atoms with E-state index in [-0.39, 0.29) is 0 Å². The summed E-state index contributed by atoms with van der Waals surface area (Å²) in [6.07, 6.45) is 0. The molecule has 0 aromatic heterocycles. The van der Waals surface area contributed by atoms with Crippen molar-refractivity contribution < 1.29 is 0 Å². The van der Waals surface area contributed by atoms with E-state index in [1.54, 1.807) is 0 Å². The Labute approximate surface area is 293 Å². The van der Waals surface area contributed by atoms with Crippen LogP contribution in [0, 0.1) is 0 Å². The molecule has 0 heteroatoms. The van der Waals surface area contributed by atoms with Crippen molar-refractivity contribution in [3.8, 4) is 0 Å². The molecule has 0 aromatic rings. The largest absolute Gasteiger partial charge is 0.0687 e. The lowest BCUT2D eigenvalue weighted by Gasteiger charge is -1.41. The van der Waals surface area contributed by atoms with E-state index in [2.05, 4.69) is 294 Å². The average molecular weight is 617 g/mol. The van der Waals surface area contributed by atoms with Crippen molar-refractivity contribution in [2.24, 2.45) is 0 Å². The SMILES string of the molecule is C=C=C=C=C=C=C=C=C=C=C=C=C=C=C=C=C=C=C=C=C=C=C=C=C=C=C=C=C=C=C=C=C=C=C=C=C=C=C=C=C=C=C=C=C=C=C=C=C=C=C. The fraction of sp³-hybridized carbons (Fsp3) is 0. The topological polar surface area (TPSA) is 0 Å². The first-order valence-electron chi connectivity index (χ1n) is 12.7. The maximum atomic E-state index is 3.31. The summed E-state index contributed by atoms with van der Waals surface area (Å²) in [4.78, 5) is 0. The van der Waals surface area contributed by atoms with Gasteiger partial charge in [-0.3, -0.25) is 0 Å². The molecule has 0 N–H and O–H groups in total. The van der Waals surface area contributed by atoms with Gasteiger partial charge in [-0.25, -0.2) is 0 Å². The zero-order chi connectivity index (χ0) is 36.6. The van der Waals surface area contributed by atoms with Gasteiger partial charge in [0.15, 0.2) is 0 Å². The predicted octanol–water partition coefficient (Wildman–Crippen LogP) is 8.40. The Morgan fingerprint density at radius 3 is 0.216 bits per heavy atom. The summed E-state index contributed by atoms with van der Waals surface area (Å²) in [6.45, 7) is 6.63. The third kappa shape index (κ3) is 39.0. The van der Waals surface area contributed by atoms with Gasteiger partial charge in [0.05, 0.1) is 0 Å². The van der Waals surface area contributed by atoms with Gasteiger partial charge in [-0.15, -0.1) is 0 Å². The van der Waals surface area contributed by atoms with Crippen LogP contribution < -0.4 is 0 Å². The van der Waals surface area contributed by atoms with Crippen LogP contribution in [0.1, 0.15) is 0 Å². The molecule has 0 aliphatic rings. The molecule has 208 valence electrons. The zero-order valence-corrected chi connectivity index (χ0v) is 25.9. The molecule has 0 rings (SSSR count). The van der Waals surface area contributed by atoms with Gasteiger partial charge in [0.1, 0.15) is 0 Å². The lowest BCUT2D eigenvalue weighted by atomic mass is 10.6. The fourth-order valence-electron chi connectivity index (χ4n) is 1.49. The molecule has 51 heavy (non-hydrogen) atoms. The van der Waals surface area contributed by atoms with Crippen LogP contribution in [0.4, 0.5) is 0 Å². The number of hydrogen-bond acceptors (Lipinski definition) is 0. The summed E-state index contributed by atoms with van der Waals surface area (Å²) in [7, 11) is 0. The smallest absolute Gasteiger partial charge is 0 e. The molecule has 0 radical (unpaired) electrons. The van der Waals surface area contributed by atoms with Gasteiger partial charge in [-0.2, -0.15) is 0 Å². The number of hydrogen-bond donors (Lipinski definition) is 0. The van der Waals surface area contributed by atoms with Crippen molar-refractivity contribution >= 4 is 0 Å². The molecule has 0 saturated heterocycles. The van der Waals surface area contributed by atoms with Gasteiger partial charge < -0.3 is 0 Å². The van der Waals surface area contributed by atoms with Crippen LogP contribution in [-0.2, 0) is 0 Å². The summed E-state index contributed by atoms with van der Waals surface area (Å²) >= 11 is 0. The van der Waals surface area contributed by atoms with Gasteiger partial charge in [-0.05, 0) is 105 Å². The predicted molar refractivity (Wildman–Crippen MR) is 183 cm³/mol. The van der Waals surface area contributed by atoms with Crippen LogP contribution in [0.25, 0.3) is 0 Å². The second-order valence-electron chi connectivity index (χ2n) is 6.23. The minimum atomic E-state index is 2.37. The molecule has 0 unspecified atom stereocenters. The van der Waals surface area contributed by atoms with E-state index in [1.165, 1.54) is 0 Å². The molecule has 0 nitrogen and oxygen atoms in total. The Hall–Kier alpha value is -11.0.